The number of H-pyrrole nitrogens is 1. The molecule has 3 fully saturated rings. The number of urea groups is 1. The van der Waals surface area contributed by atoms with Crippen LogP contribution in [0.1, 0.15) is 49.3 Å². The Bertz CT molecular complexity index is 1460. The monoisotopic (exact) mass is 561 g/mol. The van der Waals surface area contributed by atoms with Crippen LogP contribution in [0.4, 0.5) is 13.6 Å². The van der Waals surface area contributed by atoms with Gasteiger partial charge in [0.05, 0.1) is 6.04 Å². The molecule has 7 nitrogen and oxygen atoms in total. The molecule has 0 radical (unpaired) electrons. The van der Waals surface area contributed by atoms with Gasteiger partial charge in [-0.1, -0.05) is 30.3 Å². The Balaban J connectivity index is 1.19. The number of pyridine rings is 1. The Labute approximate surface area is 239 Å². The van der Waals surface area contributed by atoms with Crippen molar-refractivity contribution in [2.45, 2.75) is 56.3 Å². The fourth-order valence-corrected chi connectivity index (χ4v) is 6.80. The second-order valence-electron chi connectivity index (χ2n) is 11.7. The minimum absolute atomic E-state index is 0.00273. The van der Waals surface area contributed by atoms with Crippen LogP contribution in [0.25, 0.3) is 11.3 Å². The van der Waals surface area contributed by atoms with Gasteiger partial charge in [-0.15, -0.1) is 0 Å². The molecule has 3 aromatic rings. The van der Waals surface area contributed by atoms with Crippen LogP contribution in [0.3, 0.4) is 0 Å². The number of piperazine rings is 1. The highest BCUT2D eigenvalue weighted by Gasteiger charge is 2.48. The first-order valence-electron chi connectivity index (χ1n) is 14.6. The standard InChI is InChI=1S/C32H37F2N5O2/c1-35-25-10-13-39(29(17-25)26-16-24(33)8-9-27(26)34)31(41)37-14-15-38(32(21-37)11-5-12-32)20-23-19-36-28(18-30(23)40)22-6-3-2-4-7-22/h2-4,6-9,16,18-19,25,29,35H,5,10-15,17,20-21H2,1H3,(H,36,40)/t25-,29+/m1/s1. The van der Waals surface area contributed by atoms with Crippen LogP contribution in [-0.2, 0) is 6.54 Å². The first-order chi connectivity index (χ1) is 19.9. The number of benzene rings is 2. The molecule has 9 heteroatoms. The first-order valence-corrected chi connectivity index (χ1v) is 14.6. The Morgan fingerprint density at radius 2 is 1.88 bits per heavy atom. The maximum atomic E-state index is 14.9. The number of carbonyl (C=O) groups excluding carboxylic acids is 1. The van der Waals surface area contributed by atoms with Crippen molar-refractivity contribution in [1.29, 1.82) is 0 Å². The number of hydrogen-bond acceptors (Lipinski definition) is 4. The van der Waals surface area contributed by atoms with Gasteiger partial charge in [0.2, 0.25) is 0 Å². The van der Waals surface area contributed by atoms with Crippen LogP contribution in [-0.4, -0.2) is 70.5 Å². The second kappa shape index (κ2) is 11.4. The average Bonchev–Trinajstić information content (AvgIpc) is 2.98. The number of likely N-dealkylation sites (tertiary alicyclic amines) is 1. The third-order valence-electron chi connectivity index (χ3n) is 9.36. The van der Waals surface area contributed by atoms with E-state index in [0.29, 0.717) is 44.7 Å². The zero-order chi connectivity index (χ0) is 28.6. The molecule has 2 atom stereocenters. The summed E-state index contributed by atoms with van der Waals surface area (Å²) in [4.78, 5) is 36.4. The van der Waals surface area contributed by atoms with Crippen molar-refractivity contribution >= 4 is 6.03 Å². The molecule has 0 bridgehead atoms. The maximum absolute atomic E-state index is 14.9. The Kier molecular flexibility index (Phi) is 7.66. The molecule has 2 aromatic carbocycles. The molecule has 1 aromatic heterocycles. The van der Waals surface area contributed by atoms with E-state index in [4.69, 9.17) is 0 Å². The summed E-state index contributed by atoms with van der Waals surface area (Å²) in [6, 6.07) is 14.4. The molecule has 41 heavy (non-hydrogen) atoms. The summed E-state index contributed by atoms with van der Waals surface area (Å²) < 4.78 is 29.0. The number of rotatable bonds is 5. The molecule has 3 heterocycles. The largest absolute Gasteiger partial charge is 0.361 e. The molecule has 1 aliphatic carbocycles. The zero-order valence-electron chi connectivity index (χ0n) is 23.4. The van der Waals surface area contributed by atoms with Gasteiger partial charge in [0.25, 0.3) is 0 Å². The van der Waals surface area contributed by atoms with Gasteiger partial charge in [-0.2, -0.15) is 0 Å². The lowest BCUT2D eigenvalue weighted by molar-refractivity contribution is -0.0516. The number of amides is 2. The number of piperidine rings is 1. The van der Waals surface area contributed by atoms with Crippen LogP contribution in [0, 0.1) is 11.6 Å². The number of nitrogens with one attached hydrogen (secondary N) is 2. The molecule has 2 N–H and O–H groups in total. The molecule has 2 amide bonds. The molecule has 6 rings (SSSR count). The lowest BCUT2D eigenvalue weighted by Crippen LogP contribution is -2.67. The first kappa shape index (κ1) is 27.6. The lowest BCUT2D eigenvalue weighted by atomic mass is 9.73. The van der Waals surface area contributed by atoms with Gasteiger partial charge in [0, 0.05) is 73.4 Å². The van der Waals surface area contributed by atoms with E-state index in [-0.39, 0.29) is 28.6 Å². The zero-order valence-corrected chi connectivity index (χ0v) is 23.4. The molecule has 216 valence electrons. The quantitative estimate of drug-likeness (QED) is 0.465. The maximum Gasteiger partial charge on any atom is 0.320 e. The van der Waals surface area contributed by atoms with E-state index in [1.807, 2.05) is 48.5 Å². The number of carbonyl (C=O) groups is 1. The smallest absolute Gasteiger partial charge is 0.320 e. The summed E-state index contributed by atoms with van der Waals surface area (Å²) in [7, 11) is 1.86. The van der Waals surface area contributed by atoms with E-state index in [2.05, 4.69) is 15.2 Å². The predicted molar refractivity (Wildman–Crippen MR) is 154 cm³/mol. The molecular formula is C32H37F2N5O2. The Morgan fingerprint density at radius 1 is 1.07 bits per heavy atom. The molecule has 1 saturated carbocycles. The second-order valence-corrected chi connectivity index (χ2v) is 11.7. The Hall–Kier alpha value is -3.56. The van der Waals surface area contributed by atoms with Crippen molar-refractivity contribution in [2.24, 2.45) is 0 Å². The minimum Gasteiger partial charge on any atom is -0.361 e. The van der Waals surface area contributed by atoms with E-state index in [0.717, 1.165) is 49.1 Å². The number of aromatic amines is 1. The van der Waals surface area contributed by atoms with Crippen LogP contribution in [0.5, 0.6) is 0 Å². The van der Waals surface area contributed by atoms with Gasteiger partial charge >= 0.3 is 6.03 Å². The van der Waals surface area contributed by atoms with Gasteiger partial charge < -0.3 is 20.1 Å². The molecule has 1 spiro atoms. The molecular weight excluding hydrogens is 524 g/mol. The van der Waals surface area contributed by atoms with Crippen molar-refractivity contribution in [3.05, 3.63) is 93.8 Å². The van der Waals surface area contributed by atoms with Crippen molar-refractivity contribution < 1.29 is 13.6 Å². The fraction of sp³-hybridized carbons (Fsp3) is 0.438. The molecule has 2 saturated heterocycles. The van der Waals surface area contributed by atoms with Crippen LogP contribution < -0.4 is 10.7 Å². The topological polar surface area (TPSA) is 71.7 Å². The Morgan fingerprint density at radius 3 is 2.59 bits per heavy atom. The van der Waals surface area contributed by atoms with E-state index >= 15 is 0 Å². The van der Waals surface area contributed by atoms with Crippen LogP contribution in [0.2, 0.25) is 0 Å². The third-order valence-corrected chi connectivity index (χ3v) is 9.36. The van der Waals surface area contributed by atoms with Gasteiger partial charge in [-0.3, -0.25) is 9.69 Å². The van der Waals surface area contributed by atoms with Gasteiger partial charge in [0.1, 0.15) is 11.6 Å². The lowest BCUT2D eigenvalue weighted by Gasteiger charge is -2.56. The summed E-state index contributed by atoms with van der Waals surface area (Å²) in [5.41, 5.74) is 2.53. The summed E-state index contributed by atoms with van der Waals surface area (Å²) in [5, 5.41) is 3.25. The summed E-state index contributed by atoms with van der Waals surface area (Å²) >= 11 is 0. The third kappa shape index (κ3) is 5.40. The highest BCUT2D eigenvalue weighted by Crippen LogP contribution is 2.42. The summed E-state index contributed by atoms with van der Waals surface area (Å²) in [6.45, 7) is 2.73. The minimum atomic E-state index is -0.540. The van der Waals surface area contributed by atoms with Gasteiger partial charge in [-0.25, -0.2) is 13.6 Å². The van der Waals surface area contributed by atoms with Crippen LogP contribution in [0.15, 0.2) is 65.6 Å². The summed E-state index contributed by atoms with van der Waals surface area (Å²) in [5.74, 6) is -0.996. The number of hydrogen-bond donors (Lipinski definition) is 2. The number of nitrogens with zero attached hydrogens (tertiary/aromatic N) is 3. The van der Waals surface area contributed by atoms with Crippen molar-refractivity contribution in [2.75, 3.05) is 33.2 Å². The fourth-order valence-electron chi connectivity index (χ4n) is 6.80. The van der Waals surface area contributed by atoms with Crippen molar-refractivity contribution in [1.82, 2.24) is 25.0 Å². The molecule has 2 aliphatic heterocycles. The van der Waals surface area contributed by atoms with E-state index in [1.165, 1.54) is 6.07 Å². The number of halogens is 2. The molecule has 3 aliphatic rings. The van der Waals surface area contributed by atoms with Crippen molar-refractivity contribution in [3.8, 4) is 11.3 Å². The van der Waals surface area contributed by atoms with Crippen LogP contribution >= 0.6 is 0 Å². The normalized spacial score (nSPS) is 22.5. The van der Waals surface area contributed by atoms with E-state index < -0.39 is 17.7 Å². The SMILES string of the molecule is CN[C@@H]1CCN(C(=O)N2CCN(Cc3c[nH]c(-c4ccccc4)cc3=O)C3(CCC3)C2)[C@H](c2cc(F)ccc2F)C1. The average molecular weight is 562 g/mol. The molecule has 0 unspecified atom stereocenters. The summed E-state index contributed by atoms with van der Waals surface area (Å²) in [6.07, 6.45) is 6.09. The highest BCUT2D eigenvalue weighted by molar-refractivity contribution is 5.75. The van der Waals surface area contributed by atoms with Crippen molar-refractivity contribution in [3.63, 3.8) is 0 Å². The van der Waals surface area contributed by atoms with E-state index in [9.17, 15) is 18.4 Å². The van der Waals surface area contributed by atoms with Gasteiger partial charge in [0.15, 0.2) is 5.43 Å². The predicted octanol–water partition coefficient (Wildman–Crippen LogP) is 4.91. The van der Waals surface area contributed by atoms with E-state index in [1.54, 1.807) is 11.0 Å². The number of aromatic nitrogens is 1. The highest BCUT2D eigenvalue weighted by atomic mass is 19.1. The van der Waals surface area contributed by atoms with Gasteiger partial charge in [-0.05, 0) is 62.9 Å².